The molecule has 0 saturated heterocycles. The van der Waals surface area contributed by atoms with E-state index in [9.17, 15) is 0 Å². The van der Waals surface area contributed by atoms with E-state index in [1.165, 1.54) is 17.3 Å². The normalized spacial score (nSPS) is 10.4. The first kappa shape index (κ1) is 14.4. The number of benzene rings is 1. The molecule has 0 aliphatic carbocycles. The number of pyridine rings is 1. The number of hydrogen-bond acceptors (Lipinski definition) is 5. The fraction of sp³-hybridized carbons (Fsp3) is 0.118. The van der Waals surface area contributed by atoms with Crippen LogP contribution >= 0.6 is 11.8 Å². The highest BCUT2D eigenvalue weighted by molar-refractivity contribution is 7.99. The molecule has 1 aromatic carbocycles. The lowest BCUT2D eigenvalue weighted by Gasteiger charge is -2.10. The van der Waals surface area contributed by atoms with Gasteiger partial charge in [-0.1, -0.05) is 35.4 Å². The number of terminal acetylenes is 1. The van der Waals surface area contributed by atoms with Crippen LogP contribution in [0.4, 0.5) is 11.5 Å². The lowest BCUT2D eigenvalue weighted by Crippen LogP contribution is -1.99. The summed E-state index contributed by atoms with van der Waals surface area (Å²) in [6.07, 6.45) is 8.78. The number of nitrogens with zero attached hydrogens (tertiary/aromatic N) is 3. The highest BCUT2D eigenvalue weighted by Crippen LogP contribution is 2.26. The summed E-state index contributed by atoms with van der Waals surface area (Å²) < 4.78 is 0. The second-order valence-corrected chi connectivity index (χ2v) is 5.67. The third-order valence-electron chi connectivity index (χ3n) is 3.08. The maximum Gasteiger partial charge on any atom is 0.191 e. The van der Waals surface area contributed by atoms with Gasteiger partial charge in [-0.25, -0.2) is 9.97 Å². The van der Waals surface area contributed by atoms with Crippen molar-refractivity contribution in [1.82, 2.24) is 15.0 Å². The molecule has 0 aliphatic rings. The molecule has 0 atom stereocenters. The predicted molar refractivity (Wildman–Crippen MR) is 91.4 cm³/mol. The van der Waals surface area contributed by atoms with Gasteiger partial charge in [-0.15, -0.1) is 6.42 Å². The summed E-state index contributed by atoms with van der Waals surface area (Å²) in [4.78, 5) is 13.2. The monoisotopic (exact) mass is 306 g/mol. The first-order valence-corrected chi connectivity index (χ1v) is 7.76. The van der Waals surface area contributed by atoms with Gasteiger partial charge in [0.05, 0.1) is 17.5 Å². The quantitative estimate of drug-likeness (QED) is 0.451. The molecule has 5 heteroatoms. The van der Waals surface area contributed by atoms with E-state index in [0.717, 1.165) is 22.4 Å². The van der Waals surface area contributed by atoms with Gasteiger partial charge in [-0.05, 0) is 25.1 Å². The summed E-state index contributed by atoms with van der Waals surface area (Å²) >= 11 is 1.44. The summed E-state index contributed by atoms with van der Waals surface area (Å²) in [6, 6.07) is 10.1. The maximum atomic E-state index is 5.31. The Morgan fingerprint density at radius 3 is 2.77 bits per heavy atom. The van der Waals surface area contributed by atoms with Gasteiger partial charge in [-0.3, -0.25) is 4.98 Å². The van der Waals surface area contributed by atoms with Gasteiger partial charge in [0.1, 0.15) is 5.82 Å². The minimum Gasteiger partial charge on any atom is -0.340 e. The van der Waals surface area contributed by atoms with Crippen LogP contribution in [0.2, 0.25) is 0 Å². The van der Waals surface area contributed by atoms with Gasteiger partial charge in [0, 0.05) is 17.3 Å². The number of aromatic nitrogens is 3. The van der Waals surface area contributed by atoms with Crippen LogP contribution in [0.15, 0.2) is 47.9 Å². The number of rotatable bonds is 4. The zero-order valence-electron chi connectivity index (χ0n) is 12.1. The molecule has 3 rings (SSSR count). The molecule has 2 heterocycles. The van der Waals surface area contributed by atoms with E-state index in [4.69, 9.17) is 6.42 Å². The molecule has 0 unspecified atom stereocenters. The topological polar surface area (TPSA) is 50.7 Å². The molecular weight excluding hydrogens is 292 g/mol. The smallest absolute Gasteiger partial charge is 0.191 e. The molecule has 108 valence electrons. The Bertz CT molecular complexity index is 837. The molecule has 0 amide bonds. The fourth-order valence-electron chi connectivity index (χ4n) is 2.00. The number of nitrogens with one attached hydrogen (secondary N) is 1. The van der Waals surface area contributed by atoms with E-state index in [1.54, 1.807) is 12.4 Å². The van der Waals surface area contributed by atoms with Crippen LogP contribution in [-0.2, 0) is 0 Å². The SMILES string of the molecule is C#CCSc1nc(Nc2ccc(C)cc2)c2ccncc2n1. The summed E-state index contributed by atoms with van der Waals surface area (Å²) in [6.45, 7) is 2.06. The largest absolute Gasteiger partial charge is 0.340 e. The molecular formula is C17H14N4S. The van der Waals surface area contributed by atoms with Crippen molar-refractivity contribution in [2.45, 2.75) is 12.1 Å². The van der Waals surface area contributed by atoms with Crippen LogP contribution in [0, 0.1) is 19.3 Å². The van der Waals surface area contributed by atoms with Gasteiger partial charge in [-0.2, -0.15) is 0 Å². The van der Waals surface area contributed by atoms with Crippen molar-refractivity contribution in [3.63, 3.8) is 0 Å². The van der Waals surface area contributed by atoms with Gasteiger partial charge in [0.15, 0.2) is 5.16 Å². The van der Waals surface area contributed by atoms with Gasteiger partial charge >= 0.3 is 0 Å². The van der Waals surface area contributed by atoms with E-state index in [-0.39, 0.29) is 0 Å². The van der Waals surface area contributed by atoms with Crippen molar-refractivity contribution < 1.29 is 0 Å². The molecule has 4 nitrogen and oxygen atoms in total. The van der Waals surface area contributed by atoms with Gasteiger partial charge in [0.2, 0.25) is 0 Å². The van der Waals surface area contributed by atoms with Crippen molar-refractivity contribution in [1.29, 1.82) is 0 Å². The average Bonchev–Trinajstić information content (AvgIpc) is 2.55. The Kier molecular flexibility index (Phi) is 4.22. The highest BCUT2D eigenvalue weighted by atomic mass is 32.2. The summed E-state index contributed by atoms with van der Waals surface area (Å²) in [5.74, 6) is 3.88. The van der Waals surface area contributed by atoms with Crippen LogP contribution in [0.25, 0.3) is 10.9 Å². The van der Waals surface area contributed by atoms with E-state index in [0.29, 0.717) is 10.9 Å². The van der Waals surface area contributed by atoms with Crippen LogP contribution in [-0.4, -0.2) is 20.7 Å². The zero-order chi connectivity index (χ0) is 15.4. The minimum absolute atomic E-state index is 0.537. The number of anilines is 2. The lowest BCUT2D eigenvalue weighted by atomic mass is 10.2. The minimum atomic E-state index is 0.537. The van der Waals surface area contributed by atoms with Crippen LogP contribution < -0.4 is 5.32 Å². The standard InChI is InChI=1S/C17H14N4S/c1-3-10-22-17-20-15-11-18-9-8-14(15)16(21-17)19-13-6-4-12(2)5-7-13/h1,4-9,11H,10H2,2H3,(H,19,20,21). The second kappa shape index (κ2) is 6.46. The van der Waals surface area contributed by atoms with Crippen molar-refractivity contribution in [3.05, 3.63) is 48.3 Å². The van der Waals surface area contributed by atoms with Crippen LogP contribution in [0.5, 0.6) is 0 Å². The van der Waals surface area contributed by atoms with Crippen molar-refractivity contribution in [2.24, 2.45) is 0 Å². The first-order valence-electron chi connectivity index (χ1n) is 6.78. The van der Waals surface area contributed by atoms with Gasteiger partial charge < -0.3 is 5.32 Å². The Balaban J connectivity index is 2.02. The lowest BCUT2D eigenvalue weighted by molar-refractivity contribution is 1.01. The predicted octanol–water partition coefficient (Wildman–Crippen LogP) is 3.80. The van der Waals surface area contributed by atoms with Crippen LogP contribution in [0.3, 0.4) is 0 Å². The summed E-state index contributed by atoms with van der Waals surface area (Å²) in [7, 11) is 0. The third kappa shape index (κ3) is 3.18. The van der Waals surface area contributed by atoms with Crippen LogP contribution in [0.1, 0.15) is 5.56 Å². The third-order valence-corrected chi connectivity index (χ3v) is 3.83. The first-order chi connectivity index (χ1) is 10.8. The summed E-state index contributed by atoms with van der Waals surface area (Å²) in [5.41, 5.74) is 2.99. The van der Waals surface area contributed by atoms with E-state index in [1.807, 2.05) is 18.2 Å². The Labute approximate surface area is 133 Å². The van der Waals surface area contributed by atoms with E-state index in [2.05, 4.69) is 45.2 Å². The zero-order valence-corrected chi connectivity index (χ0v) is 12.9. The number of fused-ring (bicyclic) bond motifs is 1. The molecule has 0 radical (unpaired) electrons. The molecule has 0 aliphatic heterocycles. The molecule has 0 saturated carbocycles. The van der Waals surface area contributed by atoms with Crippen molar-refractivity contribution in [3.8, 4) is 12.3 Å². The summed E-state index contributed by atoms with van der Waals surface area (Å²) in [5, 5.41) is 4.92. The molecule has 1 N–H and O–H groups in total. The second-order valence-electron chi connectivity index (χ2n) is 4.73. The van der Waals surface area contributed by atoms with E-state index < -0.39 is 0 Å². The molecule has 0 fully saturated rings. The van der Waals surface area contributed by atoms with Crippen molar-refractivity contribution >= 4 is 34.2 Å². The molecule has 0 bridgehead atoms. The molecule has 0 spiro atoms. The Morgan fingerprint density at radius 2 is 2.00 bits per heavy atom. The highest BCUT2D eigenvalue weighted by Gasteiger charge is 2.08. The maximum absolute atomic E-state index is 5.31. The Morgan fingerprint density at radius 1 is 1.18 bits per heavy atom. The number of aryl methyl sites for hydroxylation is 1. The molecule has 2 aromatic heterocycles. The van der Waals surface area contributed by atoms with Gasteiger partial charge in [0.25, 0.3) is 0 Å². The van der Waals surface area contributed by atoms with E-state index >= 15 is 0 Å². The Hall–Kier alpha value is -2.58. The number of thioether (sulfide) groups is 1. The fourth-order valence-corrected chi connectivity index (χ4v) is 2.53. The molecule has 3 aromatic rings. The molecule has 22 heavy (non-hydrogen) atoms. The average molecular weight is 306 g/mol. The van der Waals surface area contributed by atoms with Crippen molar-refractivity contribution in [2.75, 3.05) is 11.1 Å². The number of hydrogen-bond donors (Lipinski definition) is 1.